The van der Waals surface area contributed by atoms with Gasteiger partial charge < -0.3 is 15.2 Å². The molecule has 3 rings (SSSR count). The van der Waals surface area contributed by atoms with Crippen LogP contribution >= 0.6 is 0 Å². The molecule has 3 nitrogen and oxygen atoms in total. The second-order valence-corrected chi connectivity index (χ2v) is 6.27. The SMILES string of the molecule is CC1(C)OCC(c2ccccc2C2(N)CCCC2)O1. The minimum atomic E-state index is -0.491. The van der Waals surface area contributed by atoms with Gasteiger partial charge in [0.15, 0.2) is 5.79 Å². The predicted molar refractivity (Wildman–Crippen MR) is 74.6 cm³/mol. The number of hydrogen-bond donors (Lipinski definition) is 1. The largest absolute Gasteiger partial charge is 0.347 e. The molecule has 19 heavy (non-hydrogen) atoms. The summed E-state index contributed by atoms with van der Waals surface area (Å²) in [5, 5.41) is 0. The molecule has 1 atom stereocenters. The molecule has 1 saturated heterocycles. The van der Waals surface area contributed by atoms with Crippen LogP contribution in [-0.4, -0.2) is 12.4 Å². The molecule has 1 aliphatic heterocycles. The topological polar surface area (TPSA) is 44.5 Å². The van der Waals surface area contributed by atoms with E-state index in [0.29, 0.717) is 6.61 Å². The fourth-order valence-corrected chi connectivity index (χ4v) is 3.35. The average Bonchev–Trinajstić information content (AvgIpc) is 2.96. The summed E-state index contributed by atoms with van der Waals surface area (Å²) >= 11 is 0. The van der Waals surface area contributed by atoms with Crippen molar-refractivity contribution in [2.24, 2.45) is 5.73 Å². The Hall–Kier alpha value is -0.900. The lowest BCUT2D eigenvalue weighted by molar-refractivity contribution is -0.139. The van der Waals surface area contributed by atoms with E-state index in [0.717, 1.165) is 12.8 Å². The van der Waals surface area contributed by atoms with E-state index in [1.54, 1.807) is 0 Å². The highest BCUT2D eigenvalue weighted by atomic mass is 16.7. The monoisotopic (exact) mass is 261 g/mol. The van der Waals surface area contributed by atoms with Crippen molar-refractivity contribution in [2.45, 2.75) is 57.0 Å². The third-order valence-corrected chi connectivity index (χ3v) is 4.35. The van der Waals surface area contributed by atoms with E-state index in [4.69, 9.17) is 15.2 Å². The number of rotatable bonds is 2. The first-order valence-corrected chi connectivity index (χ1v) is 7.20. The molecule has 0 aromatic heterocycles. The van der Waals surface area contributed by atoms with Crippen molar-refractivity contribution in [1.82, 2.24) is 0 Å². The Morgan fingerprint density at radius 2 is 1.84 bits per heavy atom. The summed E-state index contributed by atoms with van der Waals surface area (Å²) in [6.07, 6.45) is 4.59. The number of nitrogens with two attached hydrogens (primary N) is 1. The zero-order valence-corrected chi connectivity index (χ0v) is 11.8. The van der Waals surface area contributed by atoms with Gasteiger partial charge in [0.2, 0.25) is 0 Å². The van der Waals surface area contributed by atoms with Crippen molar-refractivity contribution in [3.63, 3.8) is 0 Å². The van der Waals surface area contributed by atoms with Crippen LogP contribution < -0.4 is 5.73 Å². The quantitative estimate of drug-likeness (QED) is 0.889. The zero-order chi connectivity index (χ0) is 13.5. The first-order chi connectivity index (χ1) is 9.00. The van der Waals surface area contributed by atoms with E-state index < -0.39 is 5.79 Å². The fraction of sp³-hybridized carbons (Fsp3) is 0.625. The van der Waals surface area contributed by atoms with Gasteiger partial charge >= 0.3 is 0 Å². The Balaban J connectivity index is 1.94. The van der Waals surface area contributed by atoms with Crippen LogP contribution in [0.4, 0.5) is 0 Å². The minimum absolute atomic E-state index is 0.00669. The molecular weight excluding hydrogens is 238 g/mol. The van der Waals surface area contributed by atoms with Crippen molar-refractivity contribution in [2.75, 3.05) is 6.61 Å². The van der Waals surface area contributed by atoms with Crippen molar-refractivity contribution in [1.29, 1.82) is 0 Å². The van der Waals surface area contributed by atoms with Gasteiger partial charge in [0.25, 0.3) is 0 Å². The van der Waals surface area contributed by atoms with Crippen LogP contribution in [0.25, 0.3) is 0 Å². The molecular formula is C16H23NO2. The molecule has 2 fully saturated rings. The van der Waals surface area contributed by atoms with Crippen molar-refractivity contribution < 1.29 is 9.47 Å². The smallest absolute Gasteiger partial charge is 0.163 e. The Bertz CT molecular complexity index is 464. The molecule has 1 aromatic rings. The van der Waals surface area contributed by atoms with E-state index in [1.165, 1.54) is 24.0 Å². The van der Waals surface area contributed by atoms with Crippen LogP contribution in [0.5, 0.6) is 0 Å². The van der Waals surface area contributed by atoms with Crippen LogP contribution in [0, 0.1) is 0 Å². The Morgan fingerprint density at radius 1 is 1.16 bits per heavy atom. The summed E-state index contributed by atoms with van der Waals surface area (Å²) in [7, 11) is 0. The Kier molecular flexibility index (Phi) is 3.16. The predicted octanol–water partition coefficient (Wildman–Crippen LogP) is 3.24. The molecule has 1 aromatic carbocycles. The van der Waals surface area contributed by atoms with Crippen LogP contribution in [0.2, 0.25) is 0 Å². The standard InChI is InChI=1S/C16H23NO2/c1-15(2)18-11-14(19-15)12-7-3-4-8-13(12)16(17)9-5-6-10-16/h3-4,7-8,14H,5-6,9-11,17H2,1-2H3. The van der Waals surface area contributed by atoms with Gasteiger partial charge in [-0.25, -0.2) is 0 Å². The first kappa shape index (κ1) is 13.1. The van der Waals surface area contributed by atoms with Crippen LogP contribution in [0.1, 0.15) is 56.8 Å². The van der Waals surface area contributed by atoms with Crippen LogP contribution in [-0.2, 0) is 15.0 Å². The lowest BCUT2D eigenvalue weighted by atomic mass is 9.84. The Morgan fingerprint density at radius 3 is 2.47 bits per heavy atom. The van der Waals surface area contributed by atoms with Gasteiger partial charge in [-0.05, 0) is 37.8 Å². The average molecular weight is 261 g/mol. The molecule has 104 valence electrons. The van der Waals surface area contributed by atoms with Crippen molar-refractivity contribution >= 4 is 0 Å². The number of hydrogen-bond acceptors (Lipinski definition) is 3. The molecule has 3 heteroatoms. The summed E-state index contributed by atoms with van der Waals surface area (Å²) < 4.78 is 11.7. The lowest BCUT2D eigenvalue weighted by Gasteiger charge is -2.29. The fourth-order valence-electron chi connectivity index (χ4n) is 3.35. The molecule has 1 unspecified atom stereocenters. The third-order valence-electron chi connectivity index (χ3n) is 4.35. The maximum atomic E-state index is 6.62. The highest BCUT2D eigenvalue weighted by Crippen LogP contribution is 2.42. The van der Waals surface area contributed by atoms with Gasteiger partial charge in [0.05, 0.1) is 6.61 Å². The molecule has 1 heterocycles. The summed E-state index contributed by atoms with van der Waals surface area (Å²) in [6, 6.07) is 8.44. The molecule has 0 radical (unpaired) electrons. The zero-order valence-electron chi connectivity index (χ0n) is 11.8. The number of benzene rings is 1. The van der Waals surface area contributed by atoms with Gasteiger partial charge in [-0.3, -0.25) is 0 Å². The molecule has 1 saturated carbocycles. The molecule has 0 amide bonds. The van der Waals surface area contributed by atoms with Gasteiger partial charge in [-0.2, -0.15) is 0 Å². The minimum Gasteiger partial charge on any atom is -0.347 e. The van der Waals surface area contributed by atoms with Gasteiger partial charge in [0, 0.05) is 5.54 Å². The summed E-state index contributed by atoms with van der Waals surface area (Å²) in [6.45, 7) is 4.53. The molecule has 1 aliphatic carbocycles. The summed E-state index contributed by atoms with van der Waals surface area (Å²) in [4.78, 5) is 0. The van der Waals surface area contributed by atoms with Crippen molar-refractivity contribution in [3.05, 3.63) is 35.4 Å². The van der Waals surface area contributed by atoms with Gasteiger partial charge in [-0.1, -0.05) is 37.1 Å². The van der Waals surface area contributed by atoms with E-state index >= 15 is 0 Å². The normalized spacial score (nSPS) is 28.7. The number of ether oxygens (including phenoxy) is 2. The highest BCUT2D eigenvalue weighted by Gasteiger charge is 2.39. The second-order valence-electron chi connectivity index (χ2n) is 6.27. The molecule has 2 N–H and O–H groups in total. The van der Waals surface area contributed by atoms with Crippen molar-refractivity contribution in [3.8, 4) is 0 Å². The summed E-state index contributed by atoms with van der Waals surface area (Å²) in [5.74, 6) is -0.491. The van der Waals surface area contributed by atoms with Gasteiger partial charge in [-0.15, -0.1) is 0 Å². The summed E-state index contributed by atoms with van der Waals surface area (Å²) in [5.41, 5.74) is 8.90. The molecule has 2 aliphatic rings. The van der Waals surface area contributed by atoms with Crippen LogP contribution in [0.3, 0.4) is 0 Å². The van der Waals surface area contributed by atoms with E-state index in [-0.39, 0.29) is 11.6 Å². The first-order valence-electron chi connectivity index (χ1n) is 7.20. The third kappa shape index (κ3) is 2.42. The van der Waals surface area contributed by atoms with E-state index in [9.17, 15) is 0 Å². The maximum Gasteiger partial charge on any atom is 0.163 e. The van der Waals surface area contributed by atoms with E-state index in [2.05, 4.69) is 24.3 Å². The maximum absolute atomic E-state index is 6.62. The highest BCUT2D eigenvalue weighted by molar-refractivity contribution is 5.36. The second kappa shape index (κ2) is 4.58. The molecule has 0 bridgehead atoms. The van der Waals surface area contributed by atoms with Gasteiger partial charge in [0.1, 0.15) is 6.10 Å². The molecule has 0 spiro atoms. The Labute approximate surface area is 115 Å². The van der Waals surface area contributed by atoms with E-state index in [1.807, 2.05) is 13.8 Å². The van der Waals surface area contributed by atoms with Crippen LogP contribution in [0.15, 0.2) is 24.3 Å². The lowest BCUT2D eigenvalue weighted by Crippen LogP contribution is -2.34.